The second-order valence-electron chi connectivity index (χ2n) is 8.76. The van der Waals surface area contributed by atoms with E-state index in [0.717, 1.165) is 30.6 Å². The largest absolute Gasteiger partial charge is 0.196 e. The maximum Gasteiger partial charge on any atom is 0.196 e. The summed E-state index contributed by atoms with van der Waals surface area (Å²) in [6, 6.07) is 11.0. The highest BCUT2D eigenvalue weighted by molar-refractivity contribution is 5.26. The van der Waals surface area contributed by atoms with Crippen LogP contribution in [0.25, 0.3) is 0 Å². The van der Waals surface area contributed by atoms with E-state index in [4.69, 9.17) is 5.26 Å². The topological polar surface area (TPSA) is 23.8 Å². The Kier molecular flexibility index (Phi) is 7.50. The number of unbranched alkanes of at least 4 members (excludes halogenated alkanes) is 1. The molecule has 0 unspecified atom stereocenters. The number of hydrogen-bond acceptors (Lipinski definition) is 1. The summed E-state index contributed by atoms with van der Waals surface area (Å²) in [7, 11) is 0. The molecule has 1 aromatic rings. The van der Waals surface area contributed by atoms with Crippen LogP contribution >= 0.6 is 0 Å². The molecule has 3 rings (SSSR count). The van der Waals surface area contributed by atoms with Crippen LogP contribution in [0.3, 0.4) is 0 Å². The van der Waals surface area contributed by atoms with Crippen molar-refractivity contribution in [1.29, 1.82) is 5.26 Å². The second kappa shape index (κ2) is 10.1. The van der Waals surface area contributed by atoms with E-state index in [1.165, 1.54) is 68.9 Å². The molecule has 0 bridgehead atoms. The zero-order chi connectivity index (χ0) is 19.1. The molecule has 1 nitrogen and oxygen atoms in total. The molecule has 2 saturated carbocycles. The first kappa shape index (κ1) is 20.1. The number of nitrogens with zero attached hydrogens (tertiary/aromatic N) is 1. The lowest BCUT2D eigenvalue weighted by molar-refractivity contribution is 0.171. The molecule has 0 atom stereocenters. The average Bonchev–Trinajstić information content (AvgIpc) is 2.73. The number of nitriles is 1. The van der Waals surface area contributed by atoms with Crippen LogP contribution < -0.4 is 0 Å². The van der Waals surface area contributed by atoms with Gasteiger partial charge in [0.25, 0.3) is 0 Å². The van der Waals surface area contributed by atoms with Gasteiger partial charge in [0, 0.05) is 0 Å². The van der Waals surface area contributed by atoms with Crippen molar-refractivity contribution in [3.8, 4) is 6.07 Å². The first-order valence-corrected chi connectivity index (χ1v) is 11.1. The average molecular weight is 368 g/mol. The van der Waals surface area contributed by atoms with Gasteiger partial charge < -0.3 is 0 Å². The first-order valence-electron chi connectivity index (χ1n) is 11.1. The molecular weight excluding hydrogens is 333 g/mol. The van der Waals surface area contributed by atoms with E-state index in [1.54, 1.807) is 12.1 Å². The van der Waals surface area contributed by atoms with Gasteiger partial charge in [-0.2, -0.15) is 9.65 Å². The van der Waals surface area contributed by atoms with Crippen LogP contribution in [0.1, 0.15) is 88.2 Å². The standard InChI is InChI=1S/C25H34FN/c1-2-3-4-19-5-9-21(10-6-19)23-13-15-24(16-14-23)22-11-7-20(8-12-22)17-25(26)18-27/h5-6,9-10,17,20,22-24H,2-4,7-8,11-16H2,1H3/b25-17+. The van der Waals surface area contributed by atoms with E-state index < -0.39 is 5.83 Å². The zero-order valence-electron chi connectivity index (χ0n) is 16.8. The zero-order valence-corrected chi connectivity index (χ0v) is 16.8. The van der Waals surface area contributed by atoms with Crippen LogP contribution in [0.2, 0.25) is 0 Å². The Balaban J connectivity index is 1.45. The second-order valence-corrected chi connectivity index (χ2v) is 8.76. The molecule has 0 saturated heterocycles. The van der Waals surface area contributed by atoms with Crippen molar-refractivity contribution in [3.63, 3.8) is 0 Å². The van der Waals surface area contributed by atoms with Crippen LogP contribution in [0.15, 0.2) is 36.2 Å². The lowest BCUT2D eigenvalue weighted by atomic mass is 9.68. The summed E-state index contributed by atoms with van der Waals surface area (Å²) in [6.45, 7) is 2.25. The Hall–Kier alpha value is -1.62. The molecule has 2 heteroatoms. The fourth-order valence-electron chi connectivity index (χ4n) is 5.29. The number of hydrogen-bond donors (Lipinski definition) is 0. The van der Waals surface area contributed by atoms with Gasteiger partial charge in [-0.05, 0) is 105 Å². The highest BCUT2D eigenvalue weighted by atomic mass is 19.1. The molecule has 2 aliphatic rings. The number of allylic oxidation sites excluding steroid dienone is 2. The molecule has 27 heavy (non-hydrogen) atoms. The lowest BCUT2D eigenvalue weighted by Crippen LogP contribution is -2.25. The normalized spacial score (nSPS) is 29.3. The van der Waals surface area contributed by atoms with Crippen LogP contribution in [-0.2, 0) is 6.42 Å². The third-order valence-corrected chi connectivity index (χ3v) is 7.01. The molecule has 2 fully saturated rings. The minimum absolute atomic E-state index is 0.281. The Bertz CT molecular complexity index is 638. The predicted octanol–water partition coefficient (Wildman–Crippen LogP) is 7.49. The summed E-state index contributed by atoms with van der Waals surface area (Å²) in [6.07, 6.45) is 15.2. The molecule has 0 amide bonds. The van der Waals surface area contributed by atoms with Crippen molar-refractivity contribution in [2.45, 2.75) is 83.5 Å². The monoisotopic (exact) mass is 367 g/mol. The van der Waals surface area contributed by atoms with Crippen LogP contribution in [-0.4, -0.2) is 0 Å². The van der Waals surface area contributed by atoms with E-state index >= 15 is 0 Å². The third kappa shape index (κ3) is 5.68. The summed E-state index contributed by atoms with van der Waals surface area (Å²) >= 11 is 0. The van der Waals surface area contributed by atoms with Crippen LogP contribution in [0, 0.1) is 29.1 Å². The smallest absolute Gasteiger partial charge is 0.195 e. The number of benzene rings is 1. The number of aryl methyl sites for hydroxylation is 1. The molecule has 0 aliphatic heterocycles. The lowest BCUT2D eigenvalue weighted by Gasteiger charge is -2.37. The quantitative estimate of drug-likeness (QED) is 0.478. The molecule has 0 spiro atoms. The SMILES string of the molecule is CCCCc1ccc(C2CCC(C3CCC(/C=C(/F)C#N)CC3)CC2)cc1. The molecule has 0 aromatic heterocycles. The minimum atomic E-state index is -0.598. The van der Waals surface area contributed by atoms with Crippen LogP contribution in [0.4, 0.5) is 4.39 Å². The van der Waals surface area contributed by atoms with E-state index in [0.29, 0.717) is 0 Å². The highest BCUT2D eigenvalue weighted by Crippen LogP contribution is 2.44. The van der Waals surface area contributed by atoms with Gasteiger partial charge in [-0.3, -0.25) is 0 Å². The van der Waals surface area contributed by atoms with Gasteiger partial charge in [0.05, 0.1) is 0 Å². The number of rotatable bonds is 6. The van der Waals surface area contributed by atoms with Gasteiger partial charge in [0.1, 0.15) is 6.07 Å². The summed E-state index contributed by atoms with van der Waals surface area (Å²) in [5, 5.41) is 8.60. The van der Waals surface area contributed by atoms with Gasteiger partial charge in [-0.15, -0.1) is 0 Å². The summed E-state index contributed by atoms with van der Waals surface area (Å²) in [4.78, 5) is 0. The van der Waals surface area contributed by atoms with E-state index in [-0.39, 0.29) is 5.92 Å². The summed E-state index contributed by atoms with van der Waals surface area (Å²) in [5.41, 5.74) is 3.02. The fraction of sp³-hybridized carbons (Fsp3) is 0.640. The Morgan fingerprint density at radius 3 is 2.15 bits per heavy atom. The molecule has 0 N–H and O–H groups in total. The van der Waals surface area contributed by atoms with Gasteiger partial charge in [-0.1, -0.05) is 37.6 Å². The van der Waals surface area contributed by atoms with Crippen molar-refractivity contribution in [1.82, 2.24) is 0 Å². The maximum absolute atomic E-state index is 13.2. The minimum Gasteiger partial charge on any atom is -0.195 e. The molecule has 1 aromatic carbocycles. The highest BCUT2D eigenvalue weighted by Gasteiger charge is 2.31. The van der Waals surface area contributed by atoms with Crippen LogP contribution in [0.5, 0.6) is 0 Å². The predicted molar refractivity (Wildman–Crippen MR) is 110 cm³/mol. The van der Waals surface area contributed by atoms with Crippen molar-refractivity contribution >= 4 is 0 Å². The molecule has 0 heterocycles. The van der Waals surface area contributed by atoms with E-state index in [1.807, 2.05) is 0 Å². The number of halogens is 1. The van der Waals surface area contributed by atoms with Gasteiger partial charge >= 0.3 is 0 Å². The van der Waals surface area contributed by atoms with Crippen molar-refractivity contribution in [3.05, 3.63) is 47.3 Å². The molecule has 2 aliphatic carbocycles. The van der Waals surface area contributed by atoms with Gasteiger partial charge in [0.15, 0.2) is 5.83 Å². The molecule has 0 radical (unpaired) electrons. The Morgan fingerprint density at radius 2 is 1.59 bits per heavy atom. The van der Waals surface area contributed by atoms with E-state index in [2.05, 4.69) is 31.2 Å². The van der Waals surface area contributed by atoms with Crippen molar-refractivity contribution in [2.24, 2.45) is 17.8 Å². The van der Waals surface area contributed by atoms with Crippen molar-refractivity contribution < 1.29 is 4.39 Å². The van der Waals surface area contributed by atoms with Crippen molar-refractivity contribution in [2.75, 3.05) is 0 Å². The Morgan fingerprint density at radius 1 is 1.00 bits per heavy atom. The summed E-state index contributed by atoms with van der Waals surface area (Å²) < 4.78 is 13.2. The fourth-order valence-corrected chi connectivity index (χ4v) is 5.29. The Labute approximate surface area is 164 Å². The van der Waals surface area contributed by atoms with E-state index in [9.17, 15) is 4.39 Å². The third-order valence-electron chi connectivity index (χ3n) is 7.01. The van der Waals surface area contributed by atoms with Gasteiger partial charge in [0.2, 0.25) is 0 Å². The maximum atomic E-state index is 13.2. The van der Waals surface area contributed by atoms with Gasteiger partial charge in [-0.25, -0.2) is 0 Å². The molecule has 146 valence electrons. The molecular formula is C25H34FN. The summed E-state index contributed by atoms with van der Waals surface area (Å²) in [5.74, 6) is 2.10. The first-order chi connectivity index (χ1) is 13.2.